The molecule has 9 heteroatoms. The van der Waals surface area contributed by atoms with E-state index in [2.05, 4.69) is 13.2 Å². The number of aliphatic hydroxyl groups excluding tert-OH is 1. The number of carbonyl (C=O) groups excluding carboxylic acids is 3. The quantitative estimate of drug-likeness (QED) is 0.227. The molecule has 1 spiro atoms. The summed E-state index contributed by atoms with van der Waals surface area (Å²) in [5, 5.41) is 9.78. The van der Waals surface area contributed by atoms with Crippen molar-refractivity contribution >= 4 is 35.0 Å². The molecule has 3 amide bonds. The molecule has 8 nitrogen and oxygen atoms in total. The summed E-state index contributed by atoms with van der Waals surface area (Å²) in [7, 11) is 0. The number of ether oxygens (including phenoxy) is 1. The third kappa shape index (κ3) is 5.73. The fraction of sp³-hybridized carbons (Fsp3) is 0.472. The molecule has 0 saturated carbocycles. The summed E-state index contributed by atoms with van der Waals surface area (Å²) < 4.78 is 6.97. The van der Waals surface area contributed by atoms with E-state index < -0.39 is 29.1 Å². The van der Waals surface area contributed by atoms with Crippen molar-refractivity contribution in [1.29, 1.82) is 0 Å². The molecule has 0 aliphatic carbocycles. The molecular formula is C36H44ClN3O5. The number of amides is 3. The number of halogens is 1. The summed E-state index contributed by atoms with van der Waals surface area (Å²) in [6, 6.07) is 15.9. The normalized spacial score (nSPS) is 28.2. The molecule has 2 aromatic rings. The lowest BCUT2D eigenvalue weighted by atomic mass is 9.62. The van der Waals surface area contributed by atoms with Gasteiger partial charge in [0, 0.05) is 32.8 Å². The summed E-state index contributed by atoms with van der Waals surface area (Å²) in [4.78, 5) is 49.0. The second-order valence-corrected chi connectivity index (χ2v) is 13.1. The molecule has 240 valence electrons. The van der Waals surface area contributed by atoms with Crippen LogP contribution in [0.25, 0.3) is 0 Å². The van der Waals surface area contributed by atoms with E-state index in [0.717, 1.165) is 5.56 Å². The second kappa shape index (κ2) is 13.5. The van der Waals surface area contributed by atoms with Crippen LogP contribution in [0.2, 0.25) is 5.02 Å². The highest BCUT2D eigenvalue weighted by atomic mass is 35.5. The molecule has 1 N–H and O–H groups in total. The predicted molar refractivity (Wildman–Crippen MR) is 175 cm³/mol. The highest BCUT2D eigenvalue weighted by Crippen LogP contribution is 2.65. The number of nitrogens with zero attached hydrogens (tertiary/aromatic N) is 3. The molecule has 6 atom stereocenters. The molecule has 3 fully saturated rings. The fourth-order valence-corrected chi connectivity index (χ4v) is 8.09. The fourth-order valence-electron chi connectivity index (χ4n) is 7.85. The van der Waals surface area contributed by atoms with Crippen LogP contribution in [-0.2, 0) is 25.7 Å². The van der Waals surface area contributed by atoms with Crippen LogP contribution in [-0.4, -0.2) is 76.1 Å². The van der Waals surface area contributed by atoms with Crippen LogP contribution in [0.5, 0.6) is 0 Å². The van der Waals surface area contributed by atoms with E-state index in [4.69, 9.17) is 16.3 Å². The average Bonchev–Trinajstić information content (AvgIpc) is 3.54. The van der Waals surface area contributed by atoms with Gasteiger partial charge in [0.1, 0.15) is 11.6 Å². The van der Waals surface area contributed by atoms with Gasteiger partial charge in [0.15, 0.2) is 0 Å². The van der Waals surface area contributed by atoms with E-state index in [9.17, 15) is 19.5 Å². The maximum Gasteiger partial charge on any atom is 0.253 e. The number of hydrogen-bond donors (Lipinski definition) is 1. The number of carbonyl (C=O) groups is 3. The standard InChI is InChI=1S/C36H44ClN3O5/c1-5-19-38(24-26-15-9-7-10-16-26)32(42)29-30-33(43)40(21-13-8-14-22-41)31(36(30)23-25(3)35(29,4)45-36)34(44)39(20-6-2)28-18-12-11-17-27(28)37/h5-7,9-12,15-18,25,29-31,41H,1-2,8,13-14,19-24H2,3-4H3/t25?,29-,30+,31?,35+,36?/m1/s1. The lowest BCUT2D eigenvalue weighted by Gasteiger charge is -2.39. The van der Waals surface area contributed by atoms with E-state index in [-0.39, 0.29) is 36.8 Å². The van der Waals surface area contributed by atoms with Gasteiger partial charge in [0.25, 0.3) is 5.91 Å². The number of fused-ring (bicyclic) bond motifs is 1. The number of likely N-dealkylation sites (tertiary alicyclic amines) is 1. The second-order valence-electron chi connectivity index (χ2n) is 12.7. The minimum absolute atomic E-state index is 0.0542. The van der Waals surface area contributed by atoms with Gasteiger partial charge >= 0.3 is 0 Å². The SMILES string of the molecule is C=CCN(Cc1ccccc1)C(=O)[C@H]1[C@H]2C(=O)N(CCCCCO)C(C(=O)N(CC=C)c3ccccc3Cl)C23CC(C)[C@]1(C)O3. The van der Waals surface area contributed by atoms with Crippen LogP contribution in [0.15, 0.2) is 79.9 Å². The van der Waals surface area contributed by atoms with E-state index in [1.807, 2.05) is 50.2 Å². The first-order valence-electron chi connectivity index (χ1n) is 15.9. The van der Waals surface area contributed by atoms with E-state index in [1.165, 1.54) is 0 Å². The van der Waals surface area contributed by atoms with Crippen LogP contribution in [0, 0.1) is 17.8 Å². The molecule has 5 rings (SSSR count). The summed E-state index contributed by atoms with van der Waals surface area (Å²) in [5.41, 5.74) is -0.632. The number of anilines is 1. The van der Waals surface area contributed by atoms with E-state index in [0.29, 0.717) is 56.0 Å². The number of aliphatic hydroxyl groups is 1. The number of benzene rings is 2. The monoisotopic (exact) mass is 633 g/mol. The molecular weight excluding hydrogens is 590 g/mol. The molecule has 45 heavy (non-hydrogen) atoms. The first kappa shape index (κ1) is 32.9. The zero-order valence-electron chi connectivity index (χ0n) is 26.2. The first-order valence-corrected chi connectivity index (χ1v) is 16.2. The van der Waals surface area contributed by atoms with Gasteiger partial charge in [-0.1, -0.05) is 73.1 Å². The topological polar surface area (TPSA) is 90.4 Å². The molecule has 3 saturated heterocycles. The molecule has 0 aromatic heterocycles. The van der Waals surface area contributed by atoms with Gasteiger partial charge in [-0.2, -0.15) is 0 Å². The largest absolute Gasteiger partial charge is 0.396 e. The van der Waals surface area contributed by atoms with Crippen LogP contribution in [0.4, 0.5) is 5.69 Å². The molecule has 0 radical (unpaired) electrons. The highest BCUT2D eigenvalue weighted by Gasteiger charge is 2.80. The van der Waals surface area contributed by atoms with Crippen molar-refractivity contribution in [1.82, 2.24) is 9.80 Å². The molecule has 3 aliphatic heterocycles. The predicted octanol–water partition coefficient (Wildman–Crippen LogP) is 5.25. The Morgan fingerprint density at radius 2 is 1.73 bits per heavy atom. The van der Waals surface area contributed by atoms with Gasteiger partial charge in [-0.15, -0.1) is 13.2 Å². The van der Waals surface area contributed by atoms with Crippen LogP contribution in [0.1, 0.15) is 45.1 Å². The Balaban J connectivity index is 1.58. The van der Waals surface area contributed by atoms with Crippen LogP contribution in [0.3, 0.4) is 0 Å². The first-order chi connectivity index (χ1) is 21.6. The summed E-state index contributed by atoms with van der Waals surface area (Å²) in [6.45, 7) is 13.0. The lowest BCUT2D eigenvalue weighted by Crippen LogP contribution is -2.57. The zero-order valence-corrected chi connectivity index (χ0v) is 27.0. The third-order valence-electron chi connectivity index (χ3n) is 9.97. The zero-order chi connectivity index (χ0) is 32.4. The smallest absolute Gasteiger partial charge is 0.253 e. The Labute approximate surface area is 271 Å². The maximum absolute atomic E-state index is 14.8. The number of rotatable bonds is 14. The minimum atomic E-state index is -1.19. The van der Waals surface area contributed by atoms with Gasteiger partial charge in [0.2, 0.25) is 11.8 Å². The summed E-state index contributed by atoms with van der Waals surface area (Å²) in [6.07, 6.45) is 5.70. The Kier molecular flexibility index (Phi) is 9.87. The van der Waals surface area contributed by atoms with Crippen LogP contribution >= 0.6 is 11.6 Å². The van der Waals surface area contributed by atoms with Gasteiger partial charge in [-0.05, 0) is 56.2 Å². The van der Waals surface area contributed by atoms with Crippen LogP contribution < -0.4 is 4.90 Å². The molecule has 3 heterocycles. The van der Waals surface area contributed by atoms with Crippen molar-refractivity contribution < 1.29 is 24.2 Å². The van der Waals surface area contributed by atoms with Gasteiger partial charge in [-0.25, -0.2) is 0 Å². The number of hydrogen-bond acceptors (Lipinski definition) is 5. The minimum Gasteiger partial charge on any atom is -0.396 e. The van der Waals surface area contributed by atoms with Crippen molar-refractivity contribution in [2.24, 2.45) is 17.8 Å². The highest BCUT2D eigenvalue weighted by molar-refractivity contribution is 6.34. The van der Waals surface area contributed by atoms with Crippen molar-refractivity contribution in [3.05, 3.63) is 90.5 Å². The third-order valence-corrected chi connectivity index (χ3v) is 10.3. The Hall–Kier alpha value is -3.46. The molecule has 2 bridgehead atoms. The molecule has 3 aliphatic rings. The van der Waals surface area contributed by atoms with Gasteiger partial charge < -0.3 is 24.5 Å². The van der Waals surface area contributed by atoms with Gasteiger partial charge in [-0.3, -0.25) is 14.4 Å². The van der Waals surface area contributed by atoms with E-state index in [1.54, 1.807) is 45.1 Å². The Morgan fingerprint density at radius 1 is 1.04 bits per heavy atom. The number of para-hydroxylation sites is 1. The van der Waals surface area contributed by atoms with E-state index >= 15 is 0 Å². The number of unbranched alkanes of at least 4 members (excludes halogenated alkanes) is 2. The van der Waals surface area contributed by atoms with Gasteiger partial charge in [0.05, 0.1) is 28.1 Å². The van der Waals surface area contributed by atoms with Crippen molar-refractivity contribution in [2.75, 3.05) is 31.1 Å². The summed E-state index contributed by atoms with van der Waals surface area (Å²) >= 11 is 6.60. The molecule has 2 aromatic carbocycles. The molecule has 3 unspecified atom stereocenters. The maximum atomic E-state index is 14.8. The summed E-state index contributed by atoms with van der Waals surface area (Å²) in [5.74, 6) is -2.40. The van der Waals surface area contributed by atoms with Crippen molar-refractivity contribution in [2.45, 2.75) is 63.3 Å². The lowest BCUT2D eigenvalue weighted by molar-refractivity contribution is -0.151. The van der Waals surface area contributed by atoms with Crippen molar-refractivity contribution in [3.63, 3.8) is 0 Å². The Bertz CT molecular complexity index is 1430. The average molecular weight is 634 g/mol. The van der Waals surface area contributed by atoms with Crippen molar-refractivity contribution in [3.8, 4) is 0 Å². The Morgan fingerprint density at radius 3 is 2.40 bits per heavy atom.